The summed E-state index contributed by atoms with van der Waals surface area (Å²) in [4.78, 5) is 28.8. The van der Waals surface area contributed by atoms with Gasteiger partial charge in [-0.05, 0) is 44.2 Å². The number of nitrogens with one attached hydrogen (secondary N) is 3. The first-order valence-corrected chi connectivity index (χ1v) is 9.50. The molecule has 0 aliphatic carbocycles. The SMILES string of the molecule is CNS(=O)(=O)c1ccc(C(=O)NCc2c(C)nc3c(c2C)c(=O)[nH]n3C)o1. The molecule has 3 rings (SSSR count). The van der Waals surface area contributed by atoms with Crippen LogP contribution in [0.2, 0.25) is 0 Å². The highest BCUT2D eigenvalue weighted by Crippen LogP contribution is 2.20. The molecule has 3 aromatic heterocycles. The van der Waals surface area contributed by atoms with Gasteiger partial charge in [0.15, 0.2) is 11.4 Å². The van der Waals surface area contributed by atoms with Crippen LogP contribution in [0.25, 0.3) is 11.0 Å². The molecule has 0 aromatic carbocycles. The minimum Gasteiger partial charge on any atom is -0.438 e. The minimum absolute atomic E-state index is 0.114. The van der Waals surface area contributed by atoms with Gasteiger partial charge in [0, 0.05) is 19.3 Å². The molecule has 0 spiro atoms. The molecule has 1 amide bonds. The molecule has 3 heterocycles. The van der Waals surface area contributed by atoms with Crippen molar-refractivity contribution in [1.29, 1.82) is 0 Å². The molecule has 3 aromatic rings. The Morgan fingerprint density at radius 3 is 2.70 bits per heavy atom. The summed E-state index contributed by atoms with van der Waals surface area (Å²) >= 11 is 0. The average Bonchev–Trinajstić information content (AvgIpc) is 3.20. The lowest BCUT2D eigenvalue weighted by Crippen LogP contribution is -2.24. The maximum Gasteiger partial charge on any atom is 0.287 e. The van der Waals surface area contributed by atoms with Crippen molar-refractivity contribution in [3.63, 3.8) is 0 Å². The third-order valence-electron chi connectivity index (χ3n) is 4.34. The van der Waals surface area contributed by atoms with Gasteiger partial charge in [0.05, 0.1) is 5.39 Å². The number of nitrogens with zero attached hydrogens (tertiary/aromatic N) is 2. The second kappa shape index (κ2) is 6.67. The van der Waals surface area contributed by atoms with Gasteiger partial charge in [-0.25, -0.2) is 18.1 Å². The minimum atomic E-state index is -3.77. The molecular formula is C16H19N5O5S. The van der Waals surface area contributed by atoms with E-state index in [0.717, 1.165) is 5.56 Å². The van der Waals surface area contributed by atoms with Gasteiger partial charge in [0.2, 0.25) is 5.09 Å². The number of aryl methyl sites for hydroxylation is 3. The van der Waals surface area contributed by atoms with E-state index in [0.29, 0.717) is 22.3 Å². The highest BCUT2D eigenvalue weighted by molar-refractivity contribution is 7.89. The number of hydrogen-bond donors (Lipinski definition) is 3. The summed E-state index contributed by atoms with van der Waals surface area (Å²) in [5, 5.41) is 5.44. The molecule has 144 valence electrons. The number of H-pyrrole nitrogens is 1. The van der Waals surface area contributed by atoms with Gasteiger partial charge in [-0.2, -0.15) is 0 Å². The monoisotopic (exact) mass is 393 g/mol. The Hall–Kier alpha value is -2.92. The van der Waals surface area contributed by atoms with Gasteiger partial charge in [-0.3, -0.25) is 19.4 Å². The number of pyridine rings is 1. The molecule has 27 heavy (non-hydrogen) atoms. The fourth-order valence-electron chi connectivity index (χ4n) is 2.85. The maximum absolute atomic E-state index is 12.3. The van der Waals surface area contributed by atoms with E-state index in [1.807, 2.05) is 0 Å². The zero-order chi connectivity index (χ0) is 19.9. The van der Waals surface area contributed by atoms with Crippen molar-refractivity contribution in [3.8, 4) is 0 Å². The molecule has 11 heteroatoms. The normalized spacial score (nSPS) is 11.9. The van der Waals surface area contributed by atoms with Gasteiger partial charge in [-0.15, -0.1) is 0 Å². The average molecular weight is 393 g/mol. The predicted octanol–water partition coefficient (Wildman–Crippen LogP) is 0.310. The van der Waals surface area contributed by atoms with Gasteiger partial charge >= 0.3 is 0 Å². The molecule has 0 saturated heterocycles. The highest BCUT2D eigenvalue weighted by atomic mass is 32.2. The first-order valence-electron chi connectivity index (χ1n) is 8.02. The standard InChI is InChI=1S/C16H19N5O5S/c1-8-10(9(2)19-14-13(8)16(23)20-21(14)4)7-18-15(22)11-5-6-12(26-11)27(24,25)17-3/h5-6,17H,7H2,1-4H3,(H,18,22)(H,20,23). The van der Waals surface area contributed by atoms with E-state index in [9.17, 15) is 18.0 Å². The summed E-state index contributed by atoms with van der Waals surface area (Å²) < 4.78 is 32.1. The lowest BCUT2D eigenvalue weighted by molar-refractivity contribution is 0.0917. The summed E-state index contributed by atoms with van der Waals surface area (Å²) in [6.07, 6.45) is 0. The van der Waals surface area contributed by atoms with Crippen molar-refractivity contribution >= 4 is 27.0 Å². The number of amides is 1. The van der Waals surface area contributed by atoms with E-state index in [1.165, 1.54) is 19.2 Å². The fraction of sp³-hybridized carbons (Fsp3) is 0.312. The van der Waals surface area contributed by atoms with E-state index < -0.39 is 15.9 Å². The molecule has 0 unspecified atom stereocenters. The van der Waals surface area contributed by atoms with Gasteiger partial charge < -0.3 is 9.73 Å². The van der Waals surface area contributed by atoms with E-state index in [4.69, 9.17) is 4.42 Å². The van der Waals surface area contributed by atoms with Gasteiger partial charge in [0.1, 0.15) is 0 Å². The molecule has 0 saturated carbocycles. The number of aromatic amines is 1. The Bertz CT molecular complexity index is 1200. The van der Waals surface area contributed by atoms with Crippen molar-refractivity contribution in [2.45, 2.75) is 25.5 Å². The van der Waals surface area contributed by atoms with Crippen LogP contribution in [-0.4, -0.2) is 36.1 Å². The summed E-state index contributed by atoms with van der Waals surface area (Å²) in [6.45, 7) is 3.69. The highest BCUT2D eigenvalue weighted by Gasteiger charge is 2.20. The van der Waals surface area contributed by atoms with Crippen LogP contribution >= 0.6 is 0 Å². The van der Waals surface area contributed by atoms with Gasteiger partial charge in [0.25, 0.3) is 21.5 Å². The first-order chi connectivity index (χ1) is 12.7. The summed E-state index contributed by atoms with van der Waals surface area (Å²) in [6, 6.07) is 2.48. The third kappa shape index (κ3) is 3.26. The molecule has 0 atom stereocenters. The van der Waals surface area contributed by atoms with Crippen LogP contribution in [0.15, 0.2) is 26.4 Å². The summed E-state index contributed by atoms with van der Waals surface area (Å²) in [7, 11) is -0.819. The predicted molar refractivity (Wildman–Crippen MR) is 96.9 cm³/mol. The molecule has 0 aliphatic rings. The van der Waals surface area contributed by atoms with Crippen LogP contribution < -0.4 is 15.6 Å². The molecule has 0 aliphatic heterocycles. The number of furan rings is 1. The van der Waals surface area contributed by atoms with Crippen LogP contribution in [-0.2, 0) is 23.6 Å². The molecule has 0 radical (unpaired) electrons. The molecule has 0 bridgehead atoms. The first kappa shape index (κ1) is 18.9. The van der Waals surface area contributed by atoms with Crippen molar-refractivity contribution in [2.75, 3.05) is 7.05 Å². The molecular weight excluding hydrogens is 374 g/mol. The lowest BCUT2D eigenvalue weighted by Gasteiger charge is -2.11. The van der Waals surface area contributed by atoms with E-state index in [1.54, 1.807) is 25.6 Å². The summed E-state index contributed by atoms with van der Waals surface area (Å²) in [5.41, 5.74) is 2.39. The van der Waals surface area contributed by atoms with Crippen molar-refractivity contribution in [1.82, 2.24) is 24.8 Å². The maximum atomic E-state index is 12.3. The van der Waals surface area contributed by atoms with Crippen LogP contribution in [0.5, 0.6) is 0 Å². The number of fused-ring (bicyclic) bond motifs is 1. The Morgan fingerprint density at radius 1 is 1.33 bits per heavy atom. The van der Waals surface area contributed by atoms with Crippen molar-refractivity contribution < 1.29 is 17.6 Å². The Balaban J connectivity index is 1.86. The number of hydrogen-bond acceptors (Lipinski definition) is 6. The smallest absolute Gasteiger partial charge is 0.287 e. The number of carbonyl (C=O) groups is 1. The van der Waals surface area contributed by atoms with Crippen molar-refractivity contribution in [2.24, 2.45) is 7.05 Å². The van der Waals surface area contributed by atoms with Crippen LogP contribution in [0.1, 0.15) is 27.4 Å². The van der Waals surface area contributed by atoms with Crippen LogP contribution in [0.4, 0.5) is 0 Å². The van der Waals surface area contributed by atoms with Gasteiger partial charge in [-0.1, -0.05) is 0 Å². The Kier molecular flexibility index (Phi) is 4.66. The quantitative estimate of drug-likeness (QED) is 0.570. The van der Waals surface area contributed by atoms with E-state index in [-0.39, 0.29) is 23.0 Å². The number of aromatic nitrogens is 3. The number of carbonyl (C=O) groups excluding carboxylic acids is 1. The third-order valence-corrected chi connectivity index (χ3v) is 5.63. The second-order valence-electron chi connectivity index (χ2n) is 6.01. The van der Waals surface area contributed by atoms with Crippen LogP contribution in [0.3, 0.4) is 0 Å². The van der Waals surface area contributed by atoms with Crippen LogP contribution in [0, 0.1) is 13.8 Å². The Labute approximate surface area is 154 Å². The van der Waals surface area contributed by atoms with E-state index >= 15 is 0 Å². The number of sulfonamides is 1. The summed E-state index contributed by atoms with van der Waals surface area (Å²) in [5.74, 6) is -0.709. The molecule has 0 fully saturated rings. The number of rotatable bonds is 5. The molecule has 3 N–H and O–H groups in total. The van der Waals surface area contributed by atoms with Crippen molar-refractivity contribution in [3.05, 3.63) is 45.1 Å². The molecule has 10 nitrogen and oxygen atoms in total. The lowest BCUT2D eigenvalue weighted by atomic mass is 10.0. The second-order valence-corrected chi connectivity index (χ2v) is 7.83. The topological polar surface area (TPSA) is 139 Å². The van der Waals surface area contributed by atoms with E-state index in [2.05, 4.69) is 20.1 Å². The Morgan fingerprint density at radius 2 is 2.04 bits per heavy atom. The zero-order valence-corrected chi connectivity index (χ0v) is 16.0. The fourth-order valence-corrected chi connectivity index (χ4v) is 3.50. The largest absolute Gasteiger partial charge is 0.438 e. The zero-order valence-electron chi connectivity index (χ0n) is 15.2.